The van der Waals surface area contributed by atoms with Crippen LogP contribution in [-0.4, -0.2) is 44.5 Å². The van der Waals surface area contributed by atoms with E-state index in [9.17, 15) is 4.79 Å². The molecule has 0 fully saturated rings. The summed E-state index contributed by atoms with van der Waals surface area (Å²) in [5.41, 5.74) is 0.769. The third-order valence-electron chi connectivity index (χ3n) is 4.11. The van der Waals surface area contributed by atoms with Gasteiger partial charge in [-0.3, -0.25) is 4.79 Å². The number of ether oxygens (including phenoxy) is 1. The van der Waals surface area contributed by atoms with Crippen LogP contribution < -0.4 is 15.4 Å². The van der Waals surface area contributed by atoms with Crippen LogP contribution in [0, 0.1) is 0 Å². The van der Waals surface area contributed by atoms with Gasteiger partial charge in [0.25, 0.3) is 0 Å². The van der Waals surface area contributed by atoms with Gasteiger partial charge in [0.15, 0.2) is 0 Å². The van der Waals surface area contributed by atoms with Crippen molar-refractivity contribution in [1.29, 1.82) is 0 Å². The number of carbonyl (C=O) groups excluding carboxylic acids is 1. The molecule has 146 valence electrons. The molecule has 2 aromatic rings. The van der Waals surface area contributed by atoms with Gasteiger partial charge < -0.3 is 20.3 Å². The standard InChI is InChI=1S/C22H31N3O2/c1-25(2)17-9-4-3-8-16-23-18-22(26)24-19-12-14-21(15-13-19)27-20-10-6-5-7-11-20/h5-7,10-15,23H,3-4,8-9,16-18H2,1-2H3,(H,24,26). The van der Waals surface area contributed by atoms with Crippen molar-refractivity contribution in [2.24, 2.45) is 0 Å². The molecule has 0 atom stereocenters. The van der Waals surface area contributed by atoms with Crippen LogP contribution >= 0.6 is 0 Å². The maximum atomic E-state index is 12.0. The number of hydrogen-bond acceptors (Lipinski definition) is 4. The molecule has 5 heteroatoms. The van der Waals surface area contributed by atoms with Gasteiger partial charge in [0.1, 0.15) is 11.5 Å². The van der Waals surface area contributed by atoms with Gasteiger partial charge in [-0.05, 0) is 76.4 Å². The highest BCUT2D eigenvalue weighted by Gasteiger charge is 2.03. The number of rotatable bonds is 12. The number of nitrogens with zero attached hydrogens (tertiary/aromatic N) is 1. The van der Waals surface area contributed by atoms with Crippen LogP contribution in [-0.2, 0) is 4.79 Å². The number of amides is 1. The van der Waals surface area contributed by atoms with Crippen molar-refractivity contribution < 1.29 is 9.53 Å². The zero-order valence-electron chi connectivity index (χ0n) is 16.4. The minimum absolute atomic E-state index is 0.0284. The Morgan fingerprint density at radius 1 is 0.889 bits per heavy atom. The fraction of sp³-hybridized carbons (Fsp3) is 0.409. The lowest BCUT2D eigenvalue weighted by atomic mass is 10.2. The fourth-order valence-electron chi connectivity index (χ4n) is 2.67. The van der Waals surface area contributed by atoms with E-state index >= 15 is 0 Å². The molecule has 27 heavy (non-hydrogen) atoms. The zero-order valence-corrected chi connectivity index (χ0v) is 16.4. The van der Waals surface area contributed by atoms with Gasteiger partial charge in [-0.1, -0.05) is 31.0 Å². The number of unbranched alkanes of at least 4 members (excludes halogenated alkanes) is 3. The second-order valence-corrected chi connectivity index (χ2v) is 6.88. The minimum Gasteiger partial charge on any atom is -0.457 e. The molecule has 0 heterocycles. The third kappa shape index (κ3) is 9.22. The Labute approximate surface area is 162 Å². The average molecular weight is 370 g/mol. The molecule has 2 rings (SSSR count). The van der Waals surface area contributed by atoms with Crippen LogP contribution in [0.15, 0.2) is 54.6 Å². The van der Waals surface area contributed by atoms with E-state index in [4.69, 9.17) is 4.74 Å². The van der Waals surface area contributed by atoms with Crippen molar-refractivity contribution >= 4 is 11.6 Å². The van der Waals surface area contributed by atoms with E-state index in [-0.39, 0.29) is 5.91 Å². The molecule has 2 N–H and O–H groups in total. The van der Waals surface area contributed by atoms with E-state index in [0.29, 0.717) is 6.54 Å². The van der Waals surface area contributed by atoms with Crippen LogP contribution in [0.5, 0.6) is 11.5 Å². The molecule has 5 nitrogen and oxygen atoms in total. The summed E-state index contributed by atoms with van der Waals surface area (Å²) < 4.78 is 5.74. The normalized spacial score (nSPS) is 10.8. The third-order valence-corrected chi connectivity index (χ3v) is 4.11. The van der Waals surface area contributed by atoms with Crippen molar-refractivity contribution in [2.45, 2.75) is 25.7 Å². The molecule has 0 spiro atoms. The highest BCUT2D eigenvalue weighted by molar-refractivity contribution is 5.92. The second-order valence-electron chi connectivity index (χ2n) is 6.88. The Kier molecular flexibility index (Phi) is 9.38. The van der Waals surface area contributed by atoms with Crippen LogP contribution in [0.3, 0.4) is 0 Å². The predicted molar refractivity (Wildman–Crippen MR) is 111 cm³/mol. The molecule has 0 saturated carbocycles. The van der Waals surface area contributed by atoms with Crippen molar-refractivity contribution in [2.75, 3.05) is 39.0 Å². The topological polar surface area (TPSA) is 53.6 Å². The van der Waals surface area contributed by atoms with Gasteiger partial charge in [-0.25, -0.2) is 0 Å². The van der Waals surface area contributed by atoms with E-state index < -0.39 is 0 Å². The smallest absolute Gasteiger partial charge is 0.238 e. The first kappa shape index (κ1) is 20.9. The van der Waals surface area contributed by atoms with Gasteiger partial charge in [-0.2, -0.15) is 0 Å². The zero-order chi connectivity index (χ0) is 19.3. The van der Waals surface area contributed by atoms with Crippen molar-refractivity contribution in [3.8, 4) is 11.5 Å². The van der Waals surface area contributed by atoms with E-state index in [0.717, 1.165) is 36.7 Å². The molecule has 0 unspecified atom stereocenters. The number of hydrogen-bond donors (Lipinski definition) is 2. The summed E-state index contributed by atoms with van der Waals surface area (Å²) in [6, 6.07) is 17.0. The average Bonchev–Trinajstić information content (AvgIpc) is 2.66. The van der Waals surface area contributed by atoms with Gasteiger partial charge in [0.05, 0.1) is 6.54 Å². The van der Waals surface area contributed by atoms with E-state index in [2.05, 4.69) is 29.6 Å². The predicted octanol–water partition coefficient (Wildman–Crippen LogP) is 4.13. The highest BCUT2D eigenvalue weighted by atomic mass is 16.5. The summed E-state index contributed by atoms with van der Waals surface area (Å²) in [5.74, 6) is 1.51. The van der Waals surface area contributed by atoms with E-state index in [1.54, 1.807) is 0 Å². The summed E-state index contributed by atoms with van der Waals surface area (Å²) in [4.78, 5) is 14.2. The molecule has 0 bridgehead atoms. The van der Waals surface area contributed by atoms with E-state index in [1.807, 2.05) is 54.6 Å². The second kappa shape index (κ2) is 12.1. The first-order valence-corrected chi connectivity index (χ1v) is 9.62. The Balaban J connectivity index is 1.59. The molecule has 0 aliphatic rings. The lowest BCUT2D eigenvalue weighted by Gasteiger charge is -2.09. The van der Waals surface area contributed by atoms with Gasteiger partial charge in [0, 0.05) is 5.69 Å². The number of anilines is 1. The summed E-state index contributed by atoms with van der Waals surface area (Å²) in [6.45, 7) is 2.35. The van der Waals surface area contributed by atoms with Crippen molar-refractivity contribution in [3.63, 3.8) is 0 Å². The first-order chi connectivity index (χ1) is 13.1. The Bertz CT molecular complexity index is 657. The molecule has 0 aromatic heterocycles. The molecular weight excluding hydrogens is 338 g/mol. The van der Waals surface area contributed by atoms with Gasteiger partial charge in [0.2, 0.25) is 5.91 Å². The maximum Gasteiger partial charge on any atom is 0.238 e. The fourth-order valence-corrected chi connectivity index (χ4v) is 2.67. The number of para-hydroxylation sites is 1. The summed E-state index contributed by atoms with van der Waals surface area (Å²) >= 11 is 0. The monoisotopic (exact) mass is 369 g/mol. The van der Waals surface area contributed by atoms with Crippen LogP contribution in [0.1, 0.15) is 25.7 Å². The first-order valence-electron chi connectivity index (χ1n) is 9.62. The van der Waals surface area contributed by atoms with Crippen molar-refractivity contribution in [1.82, 2.24) is 10.2 Å². The molecule has 0 aliphatic carbocycles. The van der Waals surface area contributed by atoms with Crippen LogP contribution in [0.2, 0.25) is 0 Å². The quantitative estimate of drug-likeness (QED) is 0.553. The Morgan fingerprint density at radius 2 is 1.56 bits per heavy atom. The Hall–Kier alpha value is -2.37. The maximum absolute atomic E-state index is 12.0. The van der Waals surface area contributed by atoms with Crippen molar-refractivity contribution in [3.05, 3.63) is 54.6 Å². The molecule has 0 saturated heterocycles. The highest BCUT2D eigenvalue weighted by Crippen LogP contribution is 2.22. The molecule has 0 radical (unpaired) electrons. The SMILES string of the molecule is CN(C)CCCCCCNCC(=O)Nc1ccc(Oc2ccccc2)cc1. The number of benzene rings is 2. The van der Waals surface area contributed by atoms with Gasteiger partial charge in [-0.15, -0.1) is 0 Å². The summed E-state index contributed by atoms with van der Waals surface area (Å²) in [7, 11) is 4.20. The lowest BCUT2D eigenvalue weighted by molar-refractivity contribution is -0.115. The van der Waals surface area contributed by atoms with Crippen LogP contribution in [0.4, 0.5) is 5.69 Å². The Morgan fingerprint density at radius 3 is 2.26 bits per heavy atom. The summed E-state index contributed by atoms with van der Waals surface area (Å²) in [6.07, 6.45) is 4.78. The minimum atomic E-state index is -0.0284. The molecule has 1 amide bonds. The molecule has 2 aromatic carbocycles. The number of carbonyl (C=O) groups is 1. The lowest BCUT2D eigenvalue weighted by Crippen LogP contribution is -2.28. The van der Waals surface area contributed by atoms with E-state index in [1.165, 1.54) is 19.3 Å². The molecule has 0 aliphatic heterocycles. The summed E-state index contributed by atoms with van der Waals surface area (Å²) in [5, 5.41) is 6.10. The largest absolute Gasteiger partial charge is 0.457 e. The van der Waals surface area contributed by atoms with Gasteiger partial charge >= 0.3 is 0 Å². The van der Waals surface area contributed by atoms with Crippen LogP contribution in [0.25, 0.3) is 0 Å². The number of nitrogens with one attached hydrogen (secondary N) is 2. The molecular formula is C22H31N3O2.